The van der Waals surface area contributed by atoms with Gasteiger partial charge in [-0.25, -0.2) is 4.39 Å². The molecule has 3 nitrogen and oxygen atoms in total. The topological polar surface area (TPSA) is 32.3 Å². The number of likely N-dealkylation sites (tertiary alicyclic amines) is 1. The van der Waals surface area contributed by atoms with Crippen molar-refractivity contribution in [3.63, 3.8) is 0 Å². The summed E-state index contributed by atoms with van der Waals surface area (Å²) in [4.78, 5) is 14.5. The SMILES string of the molecule is Cc1ccc(F)cc1CN1CCC[C@@]2(CCNC2=O)CC1. The van der Waals surface area contributed by atoms with E-state index >= 15 is 0 Å². The molecule has 2 saturated heterocycles. The summed E-state index contributed by atoms with van der Waals surface area (Å²) in [5, 5.41) is 2.98. The molecular weight excluding hydrogens is 267 g/mol. The average Bonchev–Trinajstić information content (AvgIpc) is 2.69. The van der Waals surface area contributed by atoms with E-state index in [1.165, 1.54) is 6.07 Å². The number of nitrogens with one attached hydrogen (secondary N) is 1. The van der Waals surface area contributed by atoms with Crippen molar-refractivity contribution in [3.05, 3.63) is 35.1 Å². The molecule has 1 amide bonds. The van der Waals surface area contributed by atoms with Gasteiger partial charge in [-0.15, -0.1) is 0 Å². The minimum atomic E-state index is -0.169. The molecule has 0 unspecified atom stereocenters. The predicted octanol–water partition coefficient (Wildman–Crippen LogP) is 2.63. The average molecular weight is 290 g/mol. The fraction of sp³-hybridized carbons (Fsp3) is 0.588. The third kappa shape index (κ3) is 2.95. The zero-order chi connectivity index (χ0) is 14.9. The van der Waals surface area contributed by atoms with Crippen molar-refractivity contribution in [1.82, 2.24) is 10.2 Å². The van der Waals surface area contributed by atoms with E-state index in [2.05, 4.69) is 10.2 Å². The number of benzene rings is 1. The van der Waals surface area contributed by atoms with Crippen LogP contribution in [0.15, 0.2) is 18.2 Å². The number of carbonyl (C=O) groups excluding carboxylic acids is 1. The third-order valence-electron chi connectivity index (χ3n) is 5.11. The summed E-state index contributed by atoms with van der Waals surface area (Å²) in [7, 11) is 0. The first-order chi connectivity index (χ1) is 10.1. The minimum Gasteiger partial charge on any atom is -0.356 e. The predicted molar refractivity (Wildman–Crippen MR) is 80.3 cm³/mol. The highest BCUT2D eigenvalue weighted by Crippen LogP contribution is 2.38. The largest absolute Gasteiger partial charge is 0.356 e. The molecule has 1 aromatic rings. The number of rotatable bonds is 2. The lowest BCUT2D eigenvalue weighted by molar-refractivity contribution is -0.128. The molecule has 2 aliphatic heterocycles. The maximum absolute atomic E-state index is 13.4. The number of hydrogen-bond donors (Lipinski definition) is 1. The van der Waals surface area contributed by atoms with Crippen LogP contribution in [0.25, 0.3) is 0 Å². The summed E-state index contributed by atoms with van der Waals surface area (Å²) in [6.45, 7) is 5.54. The Kier molecular flexibility index (Phi) is 3.98. The van der Waals surface area contributed by atoms with Gasteiger partial charge in [-0.1, -0.05) is 6.07 Å². The number of nitrogens with zero attached hydrogens (tertiary/aromatic N) is 1. The fourth-order valence-corrected chi connectivity index (χ4v) is 3.65. The Morgan fingerprint density at radius 1 is 1.29 bits per heavy atom. The summed E-state index contributed by atoms with van der Waals surface area (Å²) >= 11 is 0. The van der Waals surface area contributed by atoms with E-state index in [0.717, 1.165) is 63.0 Å². The van der Waals surface area contributed by atoms with Gasteiger partial charge in [0.2, 0.25) is 5.91 Å². The zero-order valence-corrected chi connectivity index (χ0v) is 12.6. The molecule has 21 heavy (non-hydrogen) atoms. The fourth-order valence-electron chi connectivity index (χ4n) is 3.65. The second-order valence-corrected chi connectivity index (χ2v) is 6.49. The van der Waals surface area contributed by atoms with Crippen molar-refractivity contribution in [3.8, 4) is 0 Å². The summed E-state index contributed by atoms with van der Waals surface area (Å²) < 4.78 is 13.4. The molecule has 1 atom stereocenters. The highest BCUT2D eigenvalue weighted by Gasteiger charge is 2.42. The lowest BCUT2D eigenvalue weighted by Gasteiger charge is -2.25. The zero-order valence-electron chi connectivity index (χ0n) is 12.6. The van der Waals surface area contributed by atoms with Crippen molar-refractivity contribution in [1.29, 1.82) is 0 Å². The van der Waals surface area contributed by atoms with Gasteiger partial charge in [0, 0.05) is 13.1 Å². The van der Waals surface area contributed by atoms with Crippen molar-refractivity contribution < 1.29 is 9.18 Å². The summed E-state index contributed by atoms with van der Waals surface area (Å²) in [5.74, 6) is 0.0725. The van der Waals surface area contributed by atoms with Gasteiger partial charge >= 0.3 is 0 Å². The first-order valence-corrected chi connectivity index (χ1v) is 7.85. The van der Waals surface area contributed by atoms with Crippen LogP contribution in [-0.2, 0) is 11.3 Å². The molecule has 1 N–H and O–H groups in total. The molecule has 0 aliphatic carbocycles. The van der Waals surface area contributed by atoms with E-state index in [4.69, 9.17) is 0 Å². The van der Waals surface area contributed by atoms with Crippen molar-refractivity contribution >= 4 is 5.91 Å². The number of hydrogen-bond acceptors (Lipinski definition) is 2. The Hall–Kier alpha value is -1.42. The summed E-state index contributed by atoms with van der Waals surface area (Å²) in [5.41, 5.74) is 2.06. The van der Waals surface area contributed by atoms with Gasteiger partial charge in [0.05, 0.1) is 5.41 Å². The van der Waals surface area contributed by atoms with Crippen LogP contribution in [0.3, 0.4) is 0 Å². The van der Waals surface area contributed by atoms with Crippen LogP contribution in [-0.4, -0.2) is 30.4 Å². The lowest BCUT2D eigenvalue weighted by atomic mass is 9.79. The monoisotopic (exact) mass is 290 g/mol. The highest BCUT2D eigenvalue weighted by atomic mass is 19.1. The van der Waals surface area contributed by atoms with Crippen LogP contribution in [0.4, 0.5) is 4.39 Å². The molecular formula is C17H23FN2O. The maximum Gasteiger partial charge on any atom is 0.226 e. The molecule has 2 fully saturated rings. The summed E-state index contributed by atoms with van der Waals surface area (Å²) in [6, 6.07) is 4.99. The van der Waals surface area contributed by atoms with Crippen LogP contribution >= 0.6 is 0 Å². The van der Waals surface area contributed by atoms with E-state index in [0.29, 0.717) is 0 Å². The Bertz CT molecular complexity index is 546. The van der Waals surface area contributed by atoms with E-state index < -0.39 is 0 Å². The minimum absolute atomic E-state index is 0.133. The van der Waals surface area contributed by atoms with Gasteiger partial charge in [0.25, 0.3) is 0 Å². The Morgan fingerprint density at radius 3 is 2.90 bits per heavy atom. The van der Waals surface area contributed by atoms with Gasteiger partial charge in [-0.3, -0.25) is 9.69 Å². The van der Waals surface area contributed by atoms with Gasteiger partial charge in [-0.2, -0.15) is 0 Å². The molecule has 0 saturated carbocycles. The van der Waals surface area contributed by atoms with Gasteiger partial charge < -0.3 is 5.32 Å². The molecule has 0 radical (unpaired) electrons. The first kappa shape index (κ1) is 14.5. The molecule has 2 heterocycles. The number of amides is 1. The standard InChI is InChI=1S/C17H23FN2O/c1-13-3-4-15(18)11-14(13)12-20-9-2-5-17(7-10-20)6-8-19-16(17)21/h3-4,11H,2,5-10,12H2,1H3,(H,19,21)/t17-/m1/s1. The molecule has 1 spiro atoms. The van der Waals surface area contributed by atoms with E-state index in [-0.39, 0.29) is 17.1 Å². The third-order valence-corrected chi connectivity index (χ3v) is 5.11. The molecule has 3 rings (SSSR count). The van der Waals surface area contributed by atoms with Crippen LogP contribution in [0.1, 0.15) is 36.8 Å². The van der Waals surface area contributed by atoms with Crippen LogP contribution in [0, 0.1) is 18.2 Å². The summed E-state index contributed by atoms with van der Waals surface area (Å²) in [6.07, 6.45) is 3.92. The van der Waals surface area contributed by atoms with E-state index in [1.54, 1.807) is 6.07 Å². The Labute approximate surface area is 125 Å². The van der Waals surface area contributed by atoms with Crippen molar-refractivity contribution in [2.24, 2.45) is 5.41 Å². The molecule has 4 heteroatoms. The van der Waals surface area contributed by atoms with Gasteiger partial charge in [-0.05, 0) is 69.0 Å². The van der Waals surface area contributed by atoms with Crippen LogP contribution < -0.4 is 5.32 Å². The normalized spacial score (nSPS) is 26.9. The quantitative estimate of drug-likeness (QED) is 0.908. The van der Waals surface area contributed by atoms with Gasteiger partial charge in [0.15, 0.2) is 0 Å². The van der Waals surface area contributed by atoms with Crippen LogP contribution in [0.5, 0.6) is 0 Å². The smallest absolute Gasteiger partial charge is 0.226 e. The van der Waals surface area contributed by atoms with Crippen molar-refractivity contribution in [2.75, 3.05) is 19.6 Å². The number of halogens is 1. The Balaban J connectivity index is 1.68. The van der Waals surface area contributed by atoms with Crippen molar-refractivity contribution in [2.45, 2.75) is 39.2 Å². The van der Waals surface area contributed by atoms with E-state index in [1.807, 2.05) is 13.0 Å². The highest BCUT2D eigenvalue weighted by molar-refractivity contribution is 5.84. The van der Waals surface area contributed by atoms with Gasteiger partial charge in [0.1, 0.15) is 5.82 Å². The number of carbonyl (C=O) groups is 1. The second-order valence-electron chi connectivity index (χ2n) is 6.49. The molecule has 1 aromatic carbocycles. The molecule has 0 aromatic heterocycles. The second kappa shape index (κ2) is 5.76. The maximum atomic E-state index is 13.4. The molecule has 0 bridgehead atoms. The van der Waals surface area contributed by atoms with E-state index in [9.17, 15) is 9.18 Å². The molecule has 2 aliphatic rings. The van der Waals surface area contributed by atoms with Crippen LogP contribution in [0.2, 0.25) is 0 Å². The first-order valence-electron chi connectivity index (χ1n) is 7.85. The molecule has 114 valence electrons. The Morgan fingerprint density at radius 2 is 2.14 bits per heavy atom. The lowest BCUT2D eigenvalue weighted by Crippen LogP contribution is -2.32. The number of aryl methyl sites for hydroxylation is 1.